The fraction of sp³-hybridized carbons (Fsp3) is 0.250. The van der Waals surface area contributed by atoms with Crippen molar-refractivity contribution >= 4 is 23.5 Å². The van der Waals surface area contributed by atoms with Gasteiger partial charge < -0.3 is 14.9 Å². The Kier molecular flexibility index (Phi) is 4.28. The Morgan fingerprint density at radius 3 is 2.50 bits per heavy atom. The maximum Gasteiger partial charge on any atom is 0.331 e. The summed E-state index contributed by atoms with van der Waals surface area (Å²) in [7, 11) is 1.48. The Bertz CT molecular complexity index is 704. The number of carboxylic acid groups (broad SMARTS) is 2. The SMILES string of the molecule is COc1ccc(C2(C(=O)O)C=C(C)C=C(C(=O)O)C2)c(Cl)c1. The number of methoxy groups -OCH3 is 1. The zero-order chi connectivity index (χ0) is 16.5. The zero-order valence-electron chi connectivity index (χ0n) is 12.1. The maximum atomic E-state index is 11.9. The standard InChI is InChI=1S/C16H15ClO5/c1-9-5-10(14(18)19)8-16(7-9,15(20)21)12-4-3-11(22-2)6-13(12)17/h3-7H,8H2,1-2H3,(H,18,19)(H,20,21). The molecule has 0 saturated carbocycles. The number of hydrogen-bond donors (Lipinski definition) is 2. The van der Waals surface area contributed by atoms with Crippen LogP contribution in [-0.2, 0) is 15.0 Å². The van der Waals surface area contributed by atoms with E-state index in [-0.39, 0.29) is 17.0 Å². The lowest BCUT2D eigenvalue weighted by Gasteiger charge is -2.31. The number of halogens is 1. The van der Waals surface area contributed by atoms with Crippen molar-refractivity contribution in [1.29, 1.82) is 0 Å². The highest BCUT2D eigenvalue weighted by atomic mass is 35.5. The first-order chi connectivity index (χ1) is 10.3. The second-order valence-corrected chi connectivity index (χ2v) is 5.57. The fourth-order valence-electron chi connectivity index (χ4n) is 2.66. The quantitative estimate of drug-likeness (QED) is 0.890. The Balaban J connectivity index is 2.63. The number of benzene rings is 1. The van der Waals surface area contributed by atoms with E-state index < -0.39 is 17.4 Å². The van der Waals surface area contributed by atoms with Crippen LogP contribution in [0.3, 0.4) is 0 Å². The van der Waals surface area contributed by atoms with Crippen LogP contribution in [0, 0.1) is 0 Å². The monoisotopic (exact) mass is 322 g/mol. The van der Waals surface area contributed by atoms with Crippen molar-refractivity contribution in [3.05, 3.63) is 52.1 Å². The van der Waals surface area contributed by atoms with Crippen LogP contribution >= 0.6 is 11.6 Å². The van der Waals surface area contributed by atoms with Crippen molar-refractivity contribution in [1.82, 2.24) is 0 Å². The minimum absolute atomic E-state index is 0.0364. The lowest BCUT2D eigenvalue weighted by Crippen LogP contribution is -2.37. The largest absolute Gasteiger partial charge is 0.497 e. The Labute approximate surface area is 132 Å². The zero-order valence-corrected chi connectivity index (χ0v) is 12.8. The van der Waals surface area contributed by atoms with Crippen LogP contribution in [0.2, 0.25) is 5.02 Å². The van der Waals surface area contributed by atoms with Gasteiger partial charge in [0, 0.05) is 17.0 Å². The first-order valence-corrected chi connectivity index (χ1v) is 6.88. The summed E-state index contributed by atoms with van der Waals surface area (Å²) in [6.07, 6.45) is 2.84. The van der Waals surface area contributed by atoms with Crippen molar-refractivity contribution in [3.8, 4) is 5.75 Å². The molecule has 0 saturated heterocycles. The summed E-state index contributed by atoms with van der Waals surface area (Å²) in [6, 6.07) is 4.68. The second kappa shape index (κ2) is 5.85. The average molecular weight is 323 g/mol. The second-order valence-electron chi connectivity index (χ2n) is 5.16. The van der Waals surface area contributed by atoms with Gasteiger partial charge in [0.05, 0.1) is 7.11 Å². The smallest absolute Gasteiger partial charge is 0.331 e. The molecule has 1 atom stereocenters. The molecule has 0 aromatic heterocycles. The van der Waals surface area contributed by atoms with Gasteiger partial charge in [-0.3, -0.25) is 4.79 Å². The van der Waals surface area contributed by atoms with Crippen LogP contribution in [0.25, 0.3) is 0 Å². The number of aliphatic carboxylic acids is 2. The van der Waals surface area contributed by atoms with Gasteiger partial charge in [-0.25, -0.2) is 4.79 Å². The van der Waals surface area contributed by atoms with Gasteiger partial charge in [0.2, 0.25) is 0 Å². The van der Waals surface area contributed by atoms with Gasteiger partial charge >= 0.3 is 11.9 Å². The van der Waals surface area contributed by atoms with Gasteiger partial charge in [-0.1, -0.05) is 29.3 Å². The number of ether oxygens (including phenoxy) is 1. The van der Waals surface area contributed by atoms with Crippen LogP contribution in [0.4, 0.5) is 0 Å². The highest BCUT2D eigenvalue weighted by Gasteiger charge is 2.43. The average Bonchev–Trinajstić information content (AvgIpc) is 2.45. The molecular weight excluding hydrogens is 308 g/mol. The minimum Gasteiger partial charge on any atom is -0.497 e. The molecule has 1 unspecified atom stereocenters. The Hall–Kier alpha value is -2.27. The summed E-state index contributed by atoms with van der Waals surface area (Å²) < 4.78 is 5.06. The molecule has 22 heavy (non-hydrogen) atoms. The number of carbonyl (C=O) groups is 2. The van der Waals surface area contributed by atoms with Crippen LogP contribution in [0.15, 0.2) is 41.5 Å². The molecule has 0 amide bonds. The van der Waals surface area contributed by atoms with E-state index in [2.05, 4.69) is 0 Å². The predicted molar refractivity (Wildman–Crippen MR) is 81.4 cm³/mol. The number of hydrogen-bond acceptors (Lipinski definition) is 3. The topological polar surface area (TPSA) is 83.8 Å². The lowest BCUT2D eigenvalue weighted by molar-refractivity contribution is -0.142. The first-order valence-electron chi connectivity index (χ1n) is 6.51. The van der Waals surface area contributed by atoms with Gasteiger partial charge in [-0.05, 0) is 30.7 Å². The Morgan fingerprint density at radius 2 is 2.00 bits per heavy atom. The third-order valence-electron chi connectivity index (χ3n) is 3.66. The van der Waals surface area contributed by atoms with Gasteiger partial charge in [0.15, 0.2) is 0 Å². The van der Waals surface area contributed by atoms with E-state index in [0.29, 0.717) is 16.9 Å². The van der Waals surface area contributed by atoms with Crippen molar-refractivity contribution in [2.24, 2.45) is 0 Å². The normalized spacial score (nSPS) is 20.9. The van der Waals surface area contributed by atoms with Crippen molar-refractivity contribution in [2.75, 3.05) is 7.11 Å². The van der Waals surface area contributed by atoms with Gasteiger partial charge in [0.25, 0.3) is 0 Å². The highest BCUT2D eigenvalue weighted by Crippen LogP contribution is 2.42. The van der Waals surface area contributed by atoms with E-state index in [9.17, 15) is 19.8 Å². The van der Waals surface area contributed by atoms with E-state index in [0.717, 1.165) is 0 Å². The molecule has 2 N–H and O–H groups in total. The van der Waals surface area contributed by atoms with E-state index in [4.69, 9.17) is 16.3 Å². The maximum absolute atomic E-state index is 11.9. The number of rotatable bonds is 4. The molecule has 0 bridgehead atoms. The highest BCUT2D eigenvalue weighted by molar-refractivity contribution is 6.32. The van der Waals surface area contributed by atoms with Crippen molar-refractivity contribution in [2.45, 2.75) is 18.8 Å². The molecule has 0 spiro atoms. The van der Waals surface area contributed by atoms with E-state index in [1.807, 2.05) is 0 Å². The minimum atomic E-state index is -1.50. The molecule has 1 aromatic rings. The van der Waals surface area contributed by atoms with Gasteiger partial charge in [-0.2, -0.15) is 0 Å². The molecule has 0 radical (unpaired) electrons. The third-order valence-corrected chi connectivity index (χ3v) is 3.97. The molecule has 5 nitrogen and oxygen atoms in total. The molecular formula is C16H15ClO5. The molecule has 0 fully saturated rings. The predicted octanol–water partition coefficient (Wildman–Crippen LogP) is 3.03. The molecule has 1 aliphatic carbocycles. The number of allylic oxidation sites excluding steroid dienone is 2. The van der Waals surface area contributed by atoms with Crippen LogP contribution < -0.4 is 4.74 Å². The van der Waals surface area contributed by atoms with Crippen LogP contribution in [-0.4, -0.2) is 29.3 Å². The van der Waals surface area contributed by atoms with E-state index >= 15 is 0 Å². The van der Waals surface area contributed by atoms with Gasteiger partial charge in [-0.15, -0.1) is 0 Å². The van der Waals surface area contributed by atoms with Crippen molar-refractivity contribution in [3.63, 3.8) is 0 Å². The summed E-state index contributed by atoms with van der Waals surface area (Å²) in [5, 5.41) is 19.2. The summed E-state index contributed by atoms with van der Waals surface area (Å²) in [6.45, 7) is 1.66. The molecule has 2 rings (SSSR count). The van der Waals surface area contributed by atoms with E-state index in [1.165, 1.54) is 25.3 Å². The first kappa shape index (κ1) is 16.1. The molecule has 0 heterocycles. The van der Waals surface area contributed by atoms with Crippen molar-refractivity contribution < 1.29 is 24.5 Å². The lowest BCUT2D eigenvalue weighted by atomic mass is 9.71. The van der Waals surface area contributed by atoms with Crippen LogP contribution in [0.5, 0.6) is 5.75 Å². The summed E-state index contributed by atoms with van der Waals surface area (Å²) in [4.78, 5) is 23.2. The molecule has 116 valence electrons. The molecule has 1 aliphatic rings. The third kappa shape index (κ3) is 2.72. The van der Waals surface area contributed by atoms with Crippen LogP contribution in [0.1, 0.15) is 18.9 Å². The summed E-state index contributed by atoms with van der Waals surface area (Å²) >= 11 is 6.21. The summed E-state index contributed by atoms with van der Waals surface area (Å²) in [5.74, 6) is -1.78. The fourth-order valence-corrected chi connectivity index (χ4v) is 2.99. The molecule has 1 aromatic carbocycles. The number of carboxylic acids is 2. The van der Waals surface area contributed by atoms with Gasteiger partial charge in [0.1, 0.15) is 11.2 Å². The van der Waals surface area contributed by atoms with E-state index in [1.54, 1.807) is 19.1 Å². The summed E-state index contributed by atoms with van der Waals surface area (Å²) in [5.41, 5.74) is -0.559. The molecule has 6 heteroatoms. The molecule has 0 aliphatic heterocycles. The Morgan fingerprint density at radius 1 is 1.32 bits per heavy atom.